The standard InChI is InChI=1S/C17H26N6O3/c1-6-25-14-9-12(10-18-16-20-21-22-23(16)5)7-8-13(14)26-11-15(24)19-17(2,3)4/h7-9H,6,10-11H2,1-5H3,(H,19,24)(H,18,20,22). The topological polar surface area (TPSA) is 103 Å². The SMILES string of the molecule is CCOc1cc(CNc2nnnn2C)ccc1OCC(=O)NC(C)(C)C. The van der Waals surface area contributed by atoms with Crippen molar-refractivity contribution in [2.24, 2.45) is 7.05 Å². The Bertz CT molecular complexity index is 738. The van der Waals surface area contributed by atoms with Crippen molar-refractivity contribution in [1.29, 1.82) is 0 Å². The van der Waals surface area contributed by atoms with Gasteiger partial charge in [-0.05, 0) is 55.8 Å². The first-order valence-corrected chi connectivity index (χ1v) is 8.44. The summed E-state index contributed by atoms with van der Waals surface area (Å²) in [4.78, 5) is 11.9. The van der Waals surface area contributed by atoms with Crippen molar-refractivity contribution in [3.63, 3.8) is 0 Å². The monoisotopic (exact) mass is 362 g/mol. The number of ether oxygens (including phenoxy) is 2. The summed E-state index contributed by atoms with van der Waals surface area (Å²) in [6, 6.07) is 5.56. The van der Waals surface area contributed by atoms with Gasteiger partial charge in [-0.15, -0.1) is 0 Å². The van der Waals surface area contributed by atoms with Crippen molar-refractivity contribution in [2.75, 3.05) is 18.5 Å². The summed E-state index contributed by atoms with van der Waals surface area (Å²) in [6.45, 7) is 8.61. The number of hydrogen-bond acceptors (Lipinski definition) is 7. The molecule has 0 spiro atoms. The van der Waals surface area contributed by atoms with E-state index in [4.69, 9.17) is 9.47 Å². The number of carbonyl (C=O) groups excluding carboxylic acids is 1. The number of hydrogen-bond donors (Lipinski definition) is 2. The van der Waals surface area contributed by atoms with E-state index >= 15 is 0 Å². The van der Waals surface area contributed by atoms with Gasteiger partial charge in [-0.25, -0.2) is 4.68 Å². The van der Waals surface area contributed by atoms with E-state index in [1.54, 1.807) is 17.8 Å². The van der Waals surface area contributed by atoms with E-state index in [0.717, 1.165) is 5.56 Å². The van der Waals surface area contributed by atoms with Crippen molar-refractivity contribution < 1.29 is 14.3 Å². The lowest BCUT2D eigenvalue weighted by molar-refractivity contribution is -0.124. The molecule has 0 aliphatic heterocycles. The number of benzene rings is 1. The van der Waals surface area contributed by atoms with E-state index in [0.29, 0.717) is 30.6 Å². The van der Waals surface area contributed by atoms with Gasteiger partial charge in [-0.2, -0.15) is 0 Å². The molecule has 0 unspecified atom stereocenters. The van der Waals surface area contributed by atoms with E-state index in [1.165, 1.54) is 0 Å². The maximum atomic E-state index is 11.9. The van der Waals surface area contributed by atoms with Crippen LogP contribution in [0.5, 0.6) is 11.5 Å². The number of carbonyl (C=O) groups is 1. The number of rotatable bonds is 8. The molecule has 1 heterocycles. The Hall–Kier alpha value is -2.84. The fourth-order valence-electron chi connectivity index (χ4n) is 2.21. The van der Waals surface area contributed by atoms with Crippen LogP contribution in [0.2, 0.25) is 0 Å². The first kappa shape index (κ1) is 19.5. The number of aromatic nitrogens is 4. The Morgan fingerprint density at radius 3 is 2.62 bits per heavy atom. The molecule has 0 atom stereocenters. The number of aryl methyl sites for hydroxylation is 1. The Morgan fingerprint density at radius 2 is 2.00 bits per heavy atom. The fraction of sp³-hybridized carbons (Fsp3) is 0.529. The number of amides is 1. The van der Waals surface area contributed by atoms with Gasteiger partial charge in [0.25, 0.3) is 5.91 Å². The van der Waals surface area contributed by atoms with Crippen LogP contribution in [0.15, 0.2) is 18.2 Å². The molecule has 0 aliphatic carbocycles. The van der Waals surface area contributed by atoms with Crippen molar-refractivity contribution >= 4 is 11.9 Å². The molecule has 1 amide bonds. The second kappa shape index (κ2) is 8.50. The number of tetrazole rings is 1. The van der Waals surface area contributed by atoms with Crippen molar-refractivity contribution in [3.05, 3.63) is 23.8 Å². The molecule has 0 saturated carbocycles. The highest BCUT2D eigenvalue weighted by Gasteiger charge is 2.15. The molecule has 142 valence electrons. The normalized spacial score (nSPS) is 11.1. The molecule has 9 nitrogen and oxygen atoms in total. The molecule has 0 saturated heterocycles. The maximum absolute atomic E-state index is 11.9. The van der Waals surface area contributed by atoms with Crippen LogP contribution in [0.3, 0.4) is 0 Å². The van der Waals surface area contributed by atoms with Crippen LogP contribution in [0.4, 0.5) is 5.95 Å². The lowest BCUT2D eigenvalue weighted by Gasteiger charge is -2.21. The van der Waals surface area contributed by atoms with E-state index < -0.39 is 0 Å². The van der Waals surface area contributed by atoms with Crippen LogP contribution < -0.4 is 20.1 Å². The van der Waals surface area contributed by atoms with Gasteiger partial charge in [0.2, 0.25) is 5.95 Å². The third kappa shape index (κ3) is 5.91. The molecular formula is C17H26N6O3. The largest absolute Gasteiger partial charge is 0.490 e. The third-order valence-electron chi connectivity index (χ3n) is 3.25. The minimum absolute atomic E-state index is 0.0699. The molecule has 0 aliphatic rings. The predicted octanol–water partition coefficient (Wildman–Crippen LogP) is 1.51. The fourth-order valence-corrected chi connectivity index (χ4v) is 2.21. The van der Waals surface area contributed by atoms with E-state index in [9.17, 15) is 4.79 Å². The van der Waals surface area contributed by atoms with E-state index in [2.05, 4.69) is 26.2 Å². The lowest BCUT2D eigenvalue weighted by Crippen LogP contribution is -2.43. The van der Waals surface area contributed by atoms with Gasteiger partial charge in [0, 0.05) is 19.1 Å². The molecule has 2 N–H and O–H groups in total. The van der Waals surface area contributed by atoms with Gasteiger partial charge in [0.05, 0.1) is 6.61 Å². The van der Waals surface area contributed by atoms with Crippen LogP contribution >= 0.6 is 0 Å². The van der Waals surface area contributed by atoms with Gasteiger partial charge < -0.3 is 20.1 Å². The Balaban J connectivity index is 2.00. The van der Waals surface area contributed by atoms with Crippen LogP contribution in [-0.2, 0) is 18.4 Å². The van der Waals surface area contributed by atoms with Gasteiger partial charge in [-0.3, -0.25) is 4.79 Å². The van der Waals surface area contributed by atoms with Crippen molar-refractivity contribution in [3.8, 4) is 11.5 Å². The summed E-state index contributed by atoms with van der Waals surface area (Å²) in [5, 5.41) is 17.2. The van der Waals surface area contributed by atoms with Crippen LogP contribution in [0, 0.1) is 0 Å². The maximum Gasteiger partial charge on any atom is 0.258 e. The zero-order chi connectivity index (χ0) is 19.2. The van der Waals surface area contributed by atoms with Gasteiger partial charge in [-0.1, -0.05) is 11.2 Å². The number of anilines is 1. The van der Waals surface area contributed by atoms with Crippen LogP contribution in [-0.4, -0.2) is 44.9 Å². The smallest absolute Gasteiger partial charge is 0.258 e. The highest BCUT2D eigenvalue weighted by molar-refractivity contribution is 5.78. The van der Waals surface area contributed by atoms with Crippen LogP contribution in [0.25, 0.3) is 0 Å². The summed E-state index contributed by atoms with van der Waals surface area (Å²) in [6.07, 6.45) is 0. The molecule has 1 aromatic heterocycles. The summed E-state index contributed by atoms with van der Waals surface area (Å²) < 4.78 is 12.8. The zero-order valence-corrected chi connectivity index (χ0v) is 15.9. The second-order valence-electron chi connectivity index (χ2n) is 6.78. The first-order chi connectivity index (χ1) is 12.3. The minimum Gasteiger partial charge on any atom is -0.490 e. The molecule has 0 fully saturated rings. The first-order valence-electron chi connectivity index (χ1n) is 8.44. The minimum atomic E-state index is -0.298. The van der Waals surface area contributed by atoms with Gasteiger partial charge in [0.15, 0.2) is 18.1 Å². The van der Waals surface area contributed by atoms with Gasteiger partial charge in [0.1, 0.15) is 0 Å². The second-order valence-corrected chi connectivity index (χ2v) is 6.78. The third-order valence-corrected chi connectivity index (χ3v) is 3.25. The molecule has 2 rings (SSSR count). The zero-order valence-electron chi connectivity index (χ0n) is 15.9. The quantitative estimate of drug-likeness (QED) is 0.734. The molecule has 0 radical (unpaired) electrons. The summed E-state index contributed by atoms with van der Waals surface area (Å²) in [5.74, 6) is 1.51. The average Bonchev–Trinajstić information content (AvgIpc) is 2.96. The molecule has 26 heavy (non-hydrogen) atoms. The Labute approximate surface area is 153 Å². The van der Waals surface area contributed by atoms with E-state index in [-0.39, 0.29) is 18.1 Å². The summed E-state index contributed by atoms with van der Waals surface area (Å²) in [5.41, 5.74) is 0.677. The van der Waals surface area contributed by atoms with Crippen molar-refractivity contribution in [2.45, 2.75) is 39.8 Å². The Kier molecular flexibility index (Phi) is 6.37. The number of nitrogens with zero attached hydrogens (tertiary/aromatic N) is 4. The molecule has 9 heteroatoms. The predicted molar refractivity (Wildman–Crippen MR) is 97.1 cm³/mol. The van der Waals surface area contributed by atoms with E-state index in [1.807, 2.05) is 39.8 Å². The highest BCUT2D eigenvalue weighted by atomic mass is 16.5. The molecule has 1 aromatic carbocycles. The Morgan fingerprint density at radius 1 is 1.23 bits per heavy atom. The average molecular weight is 362 g/mol. The number of nitrogens with one attached hydrogen (secondary N) is 2. The highest BCUT2D eigenvalue weighted by Crippen LogP contribution is 2.28. The van der Waals surface area contributed by atoms with Crippen molar-refractivity contribution in [1.82, 2.24) is 25.5 Å². The van der Waals surface area contributed by atoms with Crippen LogP contribution in [0.1, 0.15) is 33.3 Å². The molecular weight excluding hydrogens is 336 g/mol. The summed E-state index contributed by atoms with van der Waals surface area (Å²) in [7, 11) is 1.76. The molecule has 0 bridgehead atoms. The summed E-state index contributed by atoms with van der Waals surface area (Å²) >= 11 is 0. The lowest BCUT2D eigenvalue weighted by atomic mass is 10.1. The van der Waals surface area contributed by atoms with Gasteiger partial charge >= 0.3 is 0 Å². The molecule has 2 aromatic rings.